The van der Waals surface area contributed by atoms with Crippen LogP contribution in [0.3, 0.4) is 0 Å². The maximum absolute atomic E-state index is 12.2. The molecule has 2 rings (SSSR count). The quantitative estimate of drug-likeness (QED) is 0.881. The highest BCUT2D eigenvalue weighted by molar-refractivity contribution is 5.79. The van der Waals surface area contributed by atoms with Crippen molar-refractivity contribution in [1.29, 1.82) is 0 Å². The molecule has 0 aliphatic carbocycles. The number of ether oxygens (including phenoxy) is 1. The molecule has 0 radical (unpaired) electrons. The van der Waals surface area contributed by atoms with E-state index < -0.39 is 0 Å². The summed E-state index contributed by atoms with van der Waals surface area (Å²) in [6.07, 6.45) is 1.34. The number of hydrogen-bond acceptors (Lipinski definition) is 3. The van der Waals surface area contributed by atoms with Gasteiger partial charge in [0.05, 0.1) is 13.5 Å². The van der Waals surface area contributed by atoms with Crippen LogP contribution in [0.2, 0.25) is 0 Å². The number of amides is 1. The molecule has 1 heterocycles. The average Bonchev–Trinajstić information content (AvgIpc) is 2.42. The van der Waals surface area contributed by atoms with Crippen molar-refractivity contribution < 1.29 is 9.53 Å². The summed E-state index contributed by atoms with van der Waals surface area (Å²) in [4.78, 5) is 12.2. The standard InChI is InChI=1S/C16H24N2O2/c1-16(2)11-17-9-8-14(16)18-15(19)10-12-6-4-5-7-13(12)20-3/h4-7,14,17H,8-11H2,1-3H3,(H,18,19). The topological polar surface area (TPSA) is 50.4 Å². The molecule has 0 aromatic heterocycles. The highest BCUT2D eigenvalue weighted by Crippen LogP contribution is 2.25. The number of hydrogen-bond donors (Lipinski definition) is 2. The fraction of sp³-hybridized carbons (Fsp3) is 0.562. The van der Waals surface area contributed by atoms with Crippen LogP contribution in [0.5, 0.6) is 5.75 Å². The minimum Gasteiger partial charge on any atom is -0.496 e. The largest absolute Gasteiger partial charge is 0.496 e. The Hall–Kier alpha value is -1.55. The minimum atomic E-state index is 0.0643. The monoisotopic (exact) mass is 276 g/mol. The van der Waals surface area contributed by atoms with E-state index >= 15 is 0 Å². The zero-order valence-electron chi connectivity index (χ0n) is 12.5. The molecule has 1 atom stereocenters. The summed E-state index contributed by atoms with van der Waals surface area (Å²) in [7, 11) is 1.63. The Morgan fingerprint density at radius 1 is 1.45 bits per heavy atom. The van der Waals surface area contributed by atoms with E-state index in [4.69, 9.17) is 4.74 Å². The van der Waals surface area contributed by atoms with E-state index in [0.717, 1.165) is 30.8 Å². The molecule has 1 aromatic rings. The molecule has 4 heteroatoms. The lowest BCUT2D eigenvalue weighted by atomic mass is 9.80. The molecule has 110 valence electrons. The van der Waals surface area contributed by atoms with Gasteiger partial charge >= 0.3 is 0 Å². The van der Waals surface area contributed by atoms with E-state index in [0.29, 0.717) is 6.42 Å². The molecule has 1 unspecified atom stereocenters. The second-order valence-corrected chi connectivity index (χ2v) is 6.06. The molecule has 1 fully saturated rings. The first-order valence-corrected chi connectivity index (χ1v) is 7.15. The Labute approximate surface area is 120 Å². The van der Waals surface area contributed by atoms with E-state index in [1.807, 2.05) is 24.3 Å². The van der Waals surface area contributed by atoms with Gasteiger partial charge in [-0.05, 0) is 24.4 Å². The van der Waals surface area contributed by atoms with Crippen LogP contribution in [0.15, 0.2) is 24.3 Å². The highest BCUT2D eigenvalue weighted by atomic mass is 16.5. The normalized spacial score (nSPS) is 21.2. The van der Waals surface area contributed by atoms with Crippen molar-refractivity contribution in [3.63, 3.8) is 0 Å². The summed E-state index contributed by atoms with van der Waals surface area (Å²) < 4.78 is 5.29. The molecular weight excluding hydrogens is 252 g/mol. The van der Waals surface area contributed by atoms with Gasteiger partial charge in [-0.2, -0.15) is 0 Å². The van der Waals surface area contributed by atoms with E-state index in [9.17, 15) is 4.79 Å². The number of carbonyl (C=O) groups excluding carboxylic acids is 1. The molecule has 0 saturated carbocycles. The van der Waals surface area contributed by atoms with Gasteiger partial charge in [0.1, 0.15) is 5.75 Å². The van der Waals surface area contributed by atoms with Crippen molar-refractivity contribution in [1.82, 2.24) is 10.6 Å². The number of para-hydroxylation sites is 1. The van der Waals surface area contributed by atoms with E-state index in [-0.39, 0.29) is 17.4 Å². The fourth-order valence-electron chi connectivity index (χ4n) is 2.71. The summed E-state index contributed by atoms with van der Waals surface area (Å²) in [5.74, 6) is 0.835. The number of carbonyl (C=O) groups is 1. The van der Waals surface area contributed by atoms with Crippen LogP contribution >= 0.6 is 0 Å². The van der Waals surface area contributed by atoms with Gasteiger partial charge in [-0.15, -0.1) is 0 Å². The van der Waals surface area contributed by atoms with Crippen molar-refractivity contribution in [2.24, 2.45) is 5.41 Å². The number of methoxy groups -OCH3 is 1. The Morgan fingerprint density at radius 3 is 2.90 bits per heavy atom. The number of piperidine rings is 1. The maximum atomic E-state index is 12.2. The van der Waals surface area contributed by atoms with Crippen molar-refractivity contribution in [2.75, 3.05) is 20.2 Å². The van der Waals surface area contributed by atoms with Gasteiger partial charge in [-0.25, -0.2) is 0 Å². The zero-order valence-corrected chi connectivity index (χ0v) is 12.5. The molecule has 1 aromatic carbocycles. The molecule has 1 amide bonds. The van der Waals surface area contributed by atoms with Crippen LogP contribution in [0.1, 0.15) is 25.8 Å². The average molecular weight is 276 g/mol. The summed E-state index contributed by atoms with van der Waals surface area (Å²) in [5.41, 5.74) is 1.02. The lowest BCUT2D eigenvalue weighted by Gasteiger charge is -2.39. The number of nitrogens with one attached hydrogen (secondary N) is 2. The van der Waals surface area contributed by atoms with Gasteiger partial charge in [0.15, 0.2) is 0 Å². The molecule has 4 nitrogen and oxygen atoms in total. The molecule has 0 bridgehead atoms. The Balaban J connectivity index is 1.98. The maximum Gasteiger partial charge on any atom is 0.224 e. The Kier molecular flexibility index (Phi) is 4.65. The number of benzene rings is 1. The first kappa shape index (κ1) is 14.9. The molecule has 0 spiro atoms. The fourth-order valence-corrected chi connectivity index (χ4v) is 2.71. The van der Waals surface area contributed by atoms with Crippen LogP contribution < -0.4 is 15.4 Å². The highest BCUT2D eigenvalue weighted by Gasteiger charge is 2.33. The lowest BCUT2D eigenvalue weighted by molar-refractivity contribution is -0.122. The van der Waals surface area contributed by atoms with Gasteiger partial charge in [-0.3, -0.25) is 4.79 Å². The van der Waals surface area contributed by atoms with Gasteiger partial charge in [-0.1, -0.05) is 32.0 Å². The third kappa shape index (κ3) is 3.51. The summed E-state index contributed by atoms with van der Waals surface area (Å²) in [6.45, 7) is 6.27. The third-order valence-corrected chi connectivity index (χ3v) is 4.01. The van der Waals surface area contributed by atoms with Crippen molar-refractivity contribution in [2.45, 2.75) is 32.7 Å². The number of rotatable bonds is 4. The second-order valence-electron chi connectivity index (χ2n) is 6.06. The summed E-state index contributed by atoms with van der Waals surface area (Å²) in [5, 5.41) is 6.55. The van der Waals surface area contributed by atoms with Gasteiger partial charge in [0.2, 0.25) is 5.91 Å². The van der Waals surface area contributed by atoms with Crippen LogP contribution in [0.4, 0.5) is 0 Å². The van der Waals surface area contributed by atoms with Crippen LogP contribution in [0.25, 0.3) is 0 Å². The molecule has 1 saturated heterocycles. The van der Waals surface area contributed by atoms with E-state index in [1.165, 1.54) is 0 Å². The Bertz CT molecular complexity index is 471. The molecular formula is C16H24N2O2. The van der Waals surface area contributed by atoms with Crippen LogP contribution in [-0.4, -0.2) is 32.1 Å². The van der Waals surface area contributed by atoms with Gasteiger partial charge in [0, 0.05) is 18.2 Å². The first-order valence-electron chi connectivity index (χ1n) is 7.15. The smallest absolute Gasteiger partial charge is 0.224 e. The van der Waals surface area contributed by atoms with Crippen molar-refractivity contribution >= 4 is 5.91 Å². The van der Waals surface area contributed by atoms with Crippen LogP contribution in [0, 0.1) is 5.41 Å². The SMILES string of the molecule is COc1ccccc1CC(=O)NC1CCNCC1(C)C. The second kappa shape index (κ2) is 6.27. The third-order valence-electron chi connectivity index (χ3n) is 4.01. The van der Waals surface area contributed by atoms with E-state index in [2.05, 4.69) is 24.5 Å². The molecule has 2 N–H and O–H groups in total. The molecule has 1 aliphatic rings. The Morgan fingerprint density at radius 2 is 2.20 bits per heavy atom. The van der Waals surface area contributed by atoms with E-state index in [1.54, 1.807) is 7.11 Å². The van der Waals surface area contributed by atoms with Crippen LogP contribution in [-0.2, 0) is 11.2 Å². The first-order chi connectivity index (χ1) is 9.53. The summed E-state index contributed by atoms with van der Waals surface area (Å²) in [6, 6.07) is 7.89. The van der Waals surface area contributed by atoms with Gasteiger partial charge in [0.25, 0.3) is 0 Å². The molecule has 20 heavy (non-hydrogen) atoms. The predicted octanol–water partition coefficient (Wildman–Crippen LogP) is 1.74. The predicted molar refractivity (Wildman–Crippen MR) is 79.9 cm³/mol. The zero-order chi connectivity index (χ0) is 14.6. The van der Waals surface area contributed by atoms with Crippen molar-refractivity contribution in [3.8, 4) is 5.75 Å². The lowest BCUT2D eigenvalue weighted by Crippen LogP contribution is -2.54. The minimum absolute atomic E-state index is 0.0643. The van der Waals surface area contributed by atoms with Gasteiger partial charge < -0.3 is 15.4 Å². The van der Waals surface area contributed by atoms with Crippen molar-refractivity contribution in [3.05, 3.63) is 29.8 Å². The summed E-state index contributed by atoms with van der Waals surface area (Å²) >= 11 is 0. The molecule has 1 aliphatic heterocycles.